The maximum absolute atomic E-state index is 11.2. The highest BCUT2D eigenvalue weighted by atomic mass is 16.5. The van der Waals surface area contributed by atoms with Crippen molar-refractivity contribution in [1.82, 2.24) is 10.2 Å². The molecule has 1 N–H and O–H groups in total. The predicted molar refractivity (Wildman–Crippen MR) is 39.5 cm³/mol. The van der Waals surface area contributed by atoms with Crippen molar-refractivity contribution in [1.29, 1.82) is 0 Å². The third kappa shape index (κ3) is 1.16. The molecule has 2 saturated heterocycles. The monoisotopic (exact) mass is 170 g/mol. The van der Waals surface area contributed by atoms with E-state index >= 15 is 0 Å². The van der Waals surface area contributed by atoms with Crippen LogP contribution in [-0.4, -0.2) is 42.6 Å². The van der Waals surface area contributed by atoms with Gasteiger partial charge in [-0.1, -0.05) is 0 Å². The molecule has 2 heterocycles. The van der Waals surface area contributed by atoms with Crippen molar-refractivity contribution in [2.45, 2.75) is 12.5 Å². The van der Waals surface area contributed by atoms with Crippen LogP contribution in [0.3, 0.4) is 0 Å². The van der Waals surface area contributed by atoms with Gasteiger partial charge in [-0.05, 0) is 0 Å². The predicted octanol–water partition coefficient (Wildman–Crippen LogP) is -0.673. The number of nitrogens with one attached hydrogen (secondary N) is 1. The molecule has 0 aromatic rings. The van der Waals surface area contributed by atoms with Crippen molar-refractivity contribution < 1.29 is 14.3 Å². The zero-order chi connectivity index (χ0) is 8.55. The molecular formula is C7H10N2O3. The summed E-state index contributed by atoms with van der Waals surface area (Å²) in [5, 5.41) is 2.27. The third-order valence-electron chi connectivity index (χ3n) is 2.16. The Kier molecular flexibility index (Phi) is 1.73. The highest BCUT2D eigenvalue weighted by Gasteiger charge is 2.34. The number of fused-ring (bicyclic) bond motifs is 1. The first-order valence-corrected chi connectivity index (χ1v) is 3.95. The Morgan fingerprint density at radius 3 is 3.17 bits per heavy atom. The minimum absolute atomic E-state index is 0.0417. The van der Waals surface area contributed by atoms with Gasteiger partial charge in [0.15, 0.2) is 0 Å². The minimum atomic E-state index is -0.278. The summed E-state index contributed by atoms with van der Waals surface area (Å²) in [6.07, 6.45) is 0.367. The number of urea groups is 1. The Morgan fingerprint density at radius 1 is 1.50 bits per heavy atom. The van der Waals surface area contributed by atoms with E-state index in [9.17, 15) is 9.59 Å². The van der Waals surface area contributed by atoms with Crippen LogP contribution in [0, 0.1) is 0 Å². The van der Waals surface area contributed by atoms with E-state index in [0.29, 0.717) is 26.2 Å². The molecule has 0 aliphatic carbocycles. The number of carbonyl (C=O) groups is 2. The van der Waals surface area contributed by atoms with E-state index in [0.717, 1.165) is 0 Å². The summed E-state index contributed by atoms with van der Waals surface area (Å²) < 4.78 is 5.16. The van der Waals surface area contributed by atoms with Gasteiger partial charge in [-0.3, -0.25) is 10.1 Å². The number of imide groups is 1. The standard InChI is InChI=1S/C7H10N2O3/c10-6-3-5-4-12-2-1-9(5)7(11)8-6/h5H,1-4H2,(H,8,10,11). The maximum atomic E-state index is 11.2. The van der Waals surface area contributed by atoms with Gasteiger partial charge in [0, 0.05) is 13.0 Å². The van der Waals surface area contributed by atoms with Crippen LogP contribution in [0.1, 0.15) is 6.42 Å². The summed E-state index contributed by atoms with van der Waals surface area (Å²) >= 11 is 0. The smallest absolute Gasteiger partial charge is 0.324 e. The molecule has 66 valence electrons. The van der Waals surface area contributed by atoms with Gasteiger partial charge in [0.05, 0.1) is 19.3 Å². The molecule has 5 heteroatoms. The van der Waals surface area contributed by atoms with Crippen LogP contribution in [0.25, 0.3) is 0 Å². The number of nitrogens with zero attached hydrogens (tertiary/aromatic N) is 1. The molecule has 0 aromatic carbocycles. The molecule has 0 spiro atoms. The van der Waals surface area contributed by atoms with Gasteiger partial charge < -0.3 is 9.64 Å². The molecule has 12 heavy (non-hydrogen) atoms. The van der Waals surface area contributed by atoms with Gasteiger partial charge in [-0.2, -0.15) is 0 Å². The number of ether oxygens (including phenoxy) is 1. The van der Waals surface area contributed by atoms with E-state index < -0.39 is 0 Å². The lowest BCUT2D eigenvalue weighted by atomic mass is 10.1. The van der Waals surface area contributed by atoms with E-state index in [1.165, 1.54) is 0 Å². The Bertz CT molecular complexity index is 229. The minimum Gasteiger partial charge on any atom is -0.377 e. The van der Waals surface area contributed by atoms with Crippen LogP contribution in [-0.2, 0) is 9.53 Å². The average molecular weight is 170 g/mol. The fraction of sp³-hybridized carbons (Fsp3) is 0.714. The molecule has 1 unspecified atom stereocenters. The van der Waals surface area contributed by atoms with E-state index in [4.69, 9.17) is 4.74 Å². The first kappa shape index (κ1) is 7.54. The van der Waals surface area contributed by atoms with Gasteiger partial charge >= 0.3 is 6.03 Å². The molecule has 2 fully saturated rings. The molecule has 0 aromatic heterocycles. The number of hydrogen-bond donors (Lipinski definition) is 1. The highest BCUT2D eigenvalue weighted by molar-refractivity contribution is 5.97. The zero-order valence-electron chi connectivity index (χ0n) is 6.58. The molecular weight excluding hydrogens is 160 g/mol. The lowest BCUT2D eigenvalue weighted by Crippen LogP contribution is -2.59. The number of amides is 3. The van der Waals surface area contributed by atoms with Crippen molar-refractivity contribution >= 4 is 11.9 Å². The Balaban J connectivity index is 2.11. The normalized spacial score (nSPS) is 29.7. The quantitative estimate of drug-likeness (QED) is 0.524. The Hall–Kier alpha value is -1.10. The first-order chi connectivity index (χ1) is 5.77. The number of rotatable bonds is 0. The van der Waals surface area contributed by atoms with Crippen LogP contribution in [0.15, 0.2) is 0 Å². The first-order valence-electron chi connectivity index (χ1n) is 3.95. The van der Waals surface area contributed by atoms with Crippen molar-refractivity contribution in [2.75, 3.05) is 19.8 Å². The van der Waals surface area contributed by atoms with Crippen LogP contribution in [0.4, 0.5) is 4.79 Å². The summed E-state index contributed by atoms with van der Waals surface area (Å²) in [6.45, 7) is 1.64. The van der Waals surface area contributed by atoms with Crippen LogP contribution in [0.2, 0.25) is 0 Å². The Labute approximate surface area is 69.7 Å². The lowest BCUT2D eigenvalue weighted by Gasteiger charge is -2.38. The lowest BCUT2D eigenvalue weighted by molar-refractivity contribution is -0.125. The van der Waals surface area contributed by atoms with Crippen molar-refractivity contribution in [3.63, 3.8) is 0 Å². The summed E-state index contributed by atoms with van der Waals surface area (Å²) in [6, 6.07) is -0.320. The molecule has 0 bridgehead atoms. The van der Waals surface area contributed by atoms with Crippen molar-refractivity contribution in [3.05, 3.63) is 0 Å². The van der Waals surface area contributed by atoms with Crippen LogP contribution >= 0.6 is 0 Å². The van der Waals surface area contributed by atoms with Crippen LogP contribution < -0.4 is 5.32 Å². The van der Waals surface area contributed by atoms with Gasteiger partial charge in [0.1, 0.15) is 0 Å². The van der Waals surface area contributed by atoms with E-state index in [2.05, 4.69) is 5.32 Å². The van der Waals surface area contributed by atoms with Crippen LogP contribution in [0.5, 0.6) is 0 Å². The molecule has 2 rings (SSSR count). The number of morpholine rings is 1. The van der Waals surface area contributed by atoms with Gasteiger partial charge in [0.2, 0.25) is 5.91 Å². The van der Waals surface area contributed by atoms with E-state index in [1.807, 2.05) is 0 Å². The molecule has 5 nitrogen and oxygen atoms in total. The Morgan fingerprint density at radius 2 is 2.33 bits per heavy atom. The molecule has 3 amide bonds. The van der Waals surface area contributed by atoms with Gasteiger partial charge in [0.25, 0.3) is 0 Å². The second-order valence-corrected chi connectivity index (χ2v) is 2.98. The number of hydrogen-bond acceptors (Lipinski definition) is 3. The molecule has 0 saturated carbocycles. The SMILES string of the molecule is O=C1CC2COCCN2C(=O)N1. The average Bonchev–Trinajstić information content (AvgIpc) is 2.04. The molecule has 2 aliphatic heterocycles. The summed E-state index contributed by atoms with van der Waals surface area (Å²) in [5.74, 6) is -0.202. The fourth-order valence-corrected chi connectivity index (χ4v) is 1.55. The third-order valence-corrected chi connectivity index (χ3v) is 2.16. The van der Waals surface area contributed by atoms with E-state index in [1.54, 1.807) is 4.90 Å². The van der Waals surface area contributed by atoms with Crippen molar-refractivity contribution in [3.8, 4) is 0 Å². The highest BCUT2D eigenvalue weighted by Crippen LogP contribution is 2.14. The second-order valence-electron chi connectivity index (χ2n) is 2.98. The van der Waals surface area contributed by atoms with E-state index in [-0.39, 0.29) is 18.0 Å². The molecule has 1 atom stereocenters. The summed E-state index contributed by atoms with van der Waals surface area (Å²) in [4.78, 5) is 23.7. The zero-order valence-corrected chi connectivity index (χ0v) is 6.58. The molecule has 2 aliphatic rings. The van der Waals surface area contributed by atoms with Gasteiger partial charge in [-0.25, -0.2) is 4.79 Å². The summed E-state index contributed by atoms with van der Waals surface area (Å²) in [7, 11) is 0. The van der Waals surface area contributed by atoms with Crippen molar-refractivity contribution in [2.24, 2.45) is 0 Å². The topological polar surface area (TPSA) is 58.6 Å². The number of carbonyl (C=O) groups excluding carboxylic acids is 2. The van der Waals surface area contributed by atoms with Gasteiger partial charge in [-0.15, -0.1) is 0 Å². The second kappa shape index (κ2) is 2.75. The maximum Gasteiger partial charge on any atom is 0.324 e. The summed E-state index contributed by atoms with van der Waals surface area (Å²) in [5.41, 5.74) is 0. The largest absolute Gasteiger partial charge is 0.377 e. The fourth-order valence-electron chi connectivity index (χ4n) is 1.55. The molecule has 0 radical (unpaired) electrons.